The predicted molar refractivity (Wildman–Crippen MR) is 88.1 cm³/mol. The summed E-state index contributed by atoms with van der Waals surface area (Å²) in [6.45, 7) is 0.294. The molecular weight excluding hydrogens is 324 g/mol. The molecule has 0 aliphatic carbocycles. The molecule has 130 valence electrons. The van der Waals surface area contributed by atoms with Crippen LogP contribution in [0.2, 0.25) is 0 Å². The molecule has 3 rings (SSSR count). The number of fused-ring (bicyclic) bond motifs is 1. The molecule has 8 heteroatoms. The topological polar surface area (TPSA) is 115 Å². The molecule has 25 heavy (non-hydrogen) atoms. The van der Waals surface area contributed by atoms with Gasteiger partial charge in [-0.05, 0) is 17.7 Å². The molecule has 0 saturated heterocycles. The molecule has 1 unspecified atom stereocenters. The molecule has 0 radical (unpaired) electrons. The van der Waals surface area contributed by atoms with E-state index >= 15 is 0 Å². The van der Waals surface area contributed by atoms with Crippen molar-refractivity contribution in [2.75, 3.05) is 21.3 Å². The van der Waals surface area contributed by atoms with Gasteiger partial charge in [-0.2, -0.15) is 5.26 Å². The number of aromatic nitrogens is 2. The van der Waals surface area contributed by atoms with Crippen molar-refractivity contribution in [2.24, 2.45) is 5.73 Å². The van der Waals surface area contributed by atoms with Crippen LogP contribution in [-0.2, 0) is 11.3 Å². The number of methoxy groups -OCH3 is 3. The summed E-state index contributed by atoms with van der Waals surface area (Å²) < 4.78 is 21.4. The van der Waals surface area contributed by atoms with E-state index in [1.54, 1.807) is 27.4 Å². The summed E-state index contributed by atoms with van der Waals surface area (Å²) in [5.41, 5.74) is 8.44. The van der Waals surface area contributed by atoms with Crippen LogP contribution >= 0.6 is 0 Å². The number of nitrogens with two attached hydrogens (primary N) is 1. The van der Waals surface area contributed by atoms with E-state index < -0.39 is 5.92 Å². The van der Waals surface area contributed by atoms with Crippen molar-refractivity contribution in [3.8, 4) is 23.4 Å². The van der Waals surface area contributed by atoms with Crippen LogP contribution in [0.1, 0.15) is 22.7 Å². The lowest BCUT2D eigenvalue weighted by atomic mass is 9.84. The number of hydrogen-bond donors (Lipinski definition) is 2. The van der Waals surface area contributed by atoms with Crippen molar-refractivity contribution in [1.29, 1.82) is 5.26 Å². The van der Waals surface area contributed by atoms with Gasteiger partial charge in [-0.3, -0.25) is 5.10 Å². The smallest absolute Gasteiger partial charge is 0.244 e. The van der Waals surface area contributed by atoms with Gasteiger partial charge in [0.15, 0.2) is 0 Å². The van der Waals surface area contributed by atoms with Gasteiger partial charge in [-0.1, -0.05) is 0 Å². The monoisotopic (exact) mass is 342 g/mol. The minimum Gasteiger partial charge on any atom is -0.497 e. The summed E-state index contributed by atoms with van der Waals surface area (Å²) in [5.74, 6) is 1.10. The SMILES string of the molecule is COCc1[nH]nc2c1C(c1cc(OC)cc(OC)c1)C(C#N)=C(N)O2. The maximum Gasteiger partial charge on any atom is 0.244 e. The zero-order valence-electron chi connectivity index (χ0n) is 14.1. The van der Waals surface area contributed by atoms with Gasteiger partial charge in [0.2, 0.25) is 11.8 Å². The molecular formula is C17H18N4O4. The first kappa shape index (κ1) is 16.7. The summed E-state index contributed by atoms with van der Waals surface area (Å²) in [4.78, 5) is 0. The lowest BCUT2D eigenvalue weighted by Gasteiger charge is -2.24. The van der Waals surface area contributed by atoms with Crippen molar-refractivity contribution in [3.63, 3.8) is 0 Å². The molecule has 0 amide bonds. The number of allylic oxidation sites excluding steroid dienone is 1. The molecule has 1 aliphatic rings. The van der Waals surface area contributed by atoms with E-state index in [9.17, 15) is 5.26 Å². The summed E-state index contributed by atoms with van der Waals surface area (Å²) in [7, 11) is 4.71. The number of ether oxygens (including phenoxy) is 4. The Hall–Kier alpha value is -3.18. The Kier molecular flexibility index (Phi) is 4.50. The lowest BCUT2D eigenvalue weighted by Crippen LogP contribution is -2.21. The zero-order valence-corrected chi connectivity index (χ0v) is 14.1. The molecule has 1 aromatic heterocycles. The van der Waals surface area contributed by atoms with Crippen LogP contribution in [0, 0.1) is 11.3 Å². The molecule has 2 aromatic rings. The van der Waals surface area contributed by atoms with Crippen LogP contribution in [0.3, 0.4) is 0 Å². The standard InChI is InChI=1S/C17H18N4O4/c1-22-8-13-15-14(9-4-10(23-2)6-11(5-9)24-3)12(7-18)16(19)25-17(15)21-20-13/h4-6,14H,8,19H2,1-3H3,(H,20,21). The number of rotatable bonds is 5. The van der Waals surface area contributed by atoms with E-state index in [0.29, 0.717) is 40.8 Å². The number of H-pyrrole nitrogens is 1. The fourth-order valence-corrected chi connectivity index (χ4v) is 2.89. The second-order valence-electron chi connectivity index (χ2n) is 5.42. The molecule has 2 heterocycles. The first-order valence-corrected chi connectivity index (χ1v) is 7.49. The average Bonchev–Trinajstić information content (AvgIpc) is 3.02. The third-order valence-electron chi connectivity index (χ3n) is 4.01. The number of nitrogens with zero attached hydrogens (tertiary/aromatic N) is 2. The summed E-state index contributed by atoms with van der Waals surface area (Å²) in [6.07, 6.45) is 0. The Morgan fingerprint density at radius 2 is 1.92 bits per heavy atom. The molecule has 8 nitrogen and oxygen atoms in total. The minimum absolute atomic E-state index is 0.0252. The van der Waals surface area contributed by atoms with E-state index in [1.165, 1.54) is 0 Å². The predicted octanol–water partition coefficient (Wildman–Crippen LogP) is 1.79. The van der Waals surface area contributed by atoms with Crippen molar-refractivity contribution < 1.29 is 18.9 Å². The molecule has 0 fully saturated rings. The highest BCUT2D eigenvalue weighted by molar-refractivity contribution is 5.57. The lowest BCUT2D eigenvalue weighted by molar-refractivity contribution is 0.180. The summed E-state index contributed by atoms with van der Waals surface area (Å²) in [5, 5.41) is 16.7. The number of hydrogen-bond acceptors (Lipinski definition) is 7. The first-order valence-electron chi connectivity index (χ1n) is 7.49. The second-order valence-corrected chi connectivity index (χ2v) is 5.42. The van der Waals surface area contributed by atoms with Crippen molar-refractivity contribution in [1.82, 2.24) is 10.2 Å². The van der Waals surface area contributed by atoms with Crippen LogP contribution in [0.15, 0.2) is 29.7 Å². The largest absolute Gasteiger partial charge is 0.497 e. The highest BCUT2D eigenvalue weighted by atomic mass is 16.5. The van der Waals surface area contributed by atoms with E-state index in [0.717, 1.165) is 5.56 Å². The van der Waals surface area contributed by atoms with Gasteiger partial charge in [0.1, 0.15) is 23.1 Å². The normalized spacial score (nSPS) is 16.0. The number of benzene rings is 1. The third-order valence-corrected chi connectivity index (χ3v) is 4.01. The Morgan fingerprint density at radius 3 is 2.48 bits per heavy atom. The Labute approximate surface area is 144 Å². The van der Waals surface area contributed by atoms with Crippen molar-refractivity contribution in [2.45, 2.75) is 12.5 Å². The van der Waals surface area contributed by atoms with Crippen LogP contribution < -0.4 is 19.9 Å². The molecule has 0 saturated carbocycles. The molecule has 1 aliphatic heterocycles. The summed E-state index contributed by atoms with van der Waals surface area (Å²) in [6, 6.07) is 7.56. The average molecular weight is 342 g/mol. The Balaban J connectivity index is 2.23. The third kappa shape index (κ3) is 2.86. The van der Waals surface area contributed by atoms with Crippen molar-refractivity contribution in [3.05, 3.63) is 46.5 Å². The number of nitriles is 1. The quantitative estimate of drug-likeness (QED) is 0.851. The zero-order chi connectivity index (χ0) is 18.0. The van der Waals surface area contributed by atoms with E-state index in [4.69, 9.17) is 24.7 Å². The second kappa shape index (κ2) is 6.75. The fourth-order valence-electron chi connectivity index (χ4n) is 2.89. The van der Waals surface area contributed by atoms with E-state index in [2.05, 4.69) is 16.3 Å². The van der Waals surface area contributed by atoms with Gasteiger partial charge in [0.05, 0.1) is 38.0 Å². The number of aromatic amines is 1. The Bertz CT molecular complexity index is 844. The van der Waals surface area contributed by atoms with Gasteiger partial charge in [0, 0.05) is 13.2 Å². The molecule has 0 bridgehead atoms. The molecule has 3 N–H and O–H groups in total. The highest BCUT2D eigenvalue weighted by Crippen LogP contribution is 2.44. The fraction of sp³-hybridized carbons (Fsp3) is 0.294. The highest BCUT2D eigenvalue weighted by Gasteiger charge is 2.35. The van der Waals surface area contributed by atoms with Gasteiger partial charge in [0.25, 0.3) is 0 Å². The van der Waals surface area contributed by atoms with Crippen molar-refractivity contribution >= 4 is 0 Å². The first-order chi connectivity index (χ1) is 12.1. The van der Waals surface area contributed by atoms with Gasteiger partial charge in [-0.15, -0.1) is 5.10 Å². The summed E-state index contributed by atoms with van der Waals surface area (Å²) >= 11 is 0. The van der Waals surface area contributed by atoms with Crippen LogP contribution in [0.25, 0.3) is 0 Å². The Morgan fingerprint density at radius 1 is 1.24 bits per heavy atom. The van der Waals surface area contributed by atoms with Gasteiger partial charge >= 0.3 is 0 Å². The maximum atomic E-state index is 9.64. The van der Waals surface area contributed by atoms with Crippen LogP contribution in [0.5, 0.6) is 17.4 Å². The number of nitrogens with one attached hydrogen (secondary N) is 1. The van der Waals surface area contributed by atoms with Gasteiger partial charge in [-0.25, -0.2) is 0 Å². The van der Waals surface area contributed by atoms with E-state index in [1.807, 2.05) is 12.1 Å². The van der Waals surface area contributed by atoms with Gasteiger partial charge < -0.3 is 24.7 Å². The molecule has 1 aromatic carbocycles. The maximum absolute atomic E-state index is 9.64. The molecule has 1 atom stereocenters. The van der Waals surface area contributed by atoms with E-state index in [-0.39, 0.29) is 5.88 Å². The van der Waals surface area contributed by atoms with Crippen LogP contribution in [0.4, 0.5) is 0 Å². The van der Waals surface area contributed by atoms with Crippen LogP contribution in [-0.4, -0.2) is 31.5 Å². The minimum atomic E-state index is -0.471. The molecule has 0 spiro atoms.